The third-order valence-electron chi connectivity index (χ3n) is 5.64. The normalized spacial score (nSPS) is 11.4. The molecule has 0 N–H and O–H groups in total. The summed E-state index contributed by atoms with van der Waals surface area (Å²) in [5, 5.41) is 5.65. The van der Waals surface area contributed by atoms with Crippen molar-refractivity contribution in [1.82, 2.24) is 9.66 Å². The van der Waals surface area contributed by atoms with Crippen molar-refractivity contribution in [3.63, 3.8) is 0 Å². The number of aromatic nitrogens is 2. The molecule has 2 heterocycles. The van der Waals surface area contributed by atoms with Crippen molar-refractivity contribution in [2.45, 2.75) is 13.8 Å². The van der Waals surface area contributed by atoms with Crippen LogP contribution in [0.5, 0.6) is 17.2 Å². The molecule has 0 spiro atoms. The Morgan fingerprint density at radius 1 is 1.08 bits per heavy atom. The average molecular weight is 576 g/mol. The highest BCUT2D eigenvalue weighted by Gasteiger charge is 2.18. The maximum absolute atomic E-state index is 13.6. The lowest BCUT2D eigenvalue weighted by atomic mass is 10.2. The van der Waals surface area contributed by atoms with E-state index in [1.165, 1.54) is 17.8 Å². The van der Waals surface area contributed by atoms with E-state index in [9.17, 15) is 9.59 Å². The first-order chi connectivity index (χ1) is 18.4. The molecule has 0 radical (unpaired) electrons. The Balaban J connectivity index is 1.68. The zero-order valence-electron chi connectivity index (χ0n) is 20.7. The van der Waals surface area contributed by atoms with Crippen LogP contribution in [0.3, 0.4) is 0 Å². The van der Waals surface area contributed by atoms with E-state index in [1.54, 1.807) is 43.5 Å². The summed E-state index contributed by atoms with van der Waals surface area (Å²) < 4.78 is 24.2. The maximum Gasteiger partial charge on any atom is 0.308 e. The summed E-state index contributed by atoms with van der Waals surface area (Å²) >= 11 is 3.48. The highest BCUT2D eigenvalue weighted by Crippen LogP contribution is 2.34. The van der Waals surface area contributed by atoms with Crippen LogP contribution in [-0.2, 0) is 4.79 Å². The van der Waals surface area contributed by atoms with Crippen LogP contribution in [0.1, 0.15) is 19.4 Å². The maximum atomic E-state index is 13.6. The Kier molecular flexibility index (Phi) is 6.97. The van der Waals surface area contributed by atoms with Gasteiger partial charge in [0, 0.05) is 17.0 Å². The van der Waals surface area contributed by atoms with Gasteiger partial charge >= 0.3 is 5.97 Å². The molecule has 5 aromatic rings. The number of benzene rings is 3. The number of halogens is 1. The molecule has 3 aromatic carbocycles. The first-order valence-electron chi connectivity index (χ1n) is 11.7. The van der Waals surface area contributed by atoms with Gasteiger partial charge in [0.05, 0.1) is 36.2 Å². The number of hydrogen-bond acceptors (Lipinski definition) is 8. The fourth-order valence-corrected chi connectivity index (χ4v) is 4.41. The molecule has 0 saturated heterocycles. The summed E-state index contributed by atoms with van der Waals surface area (Å²) in [7, 11) is 1.58. The van der Waals surface area contributed by atoms with E-state index in [1.807, 2.05) is 31.2 Å². The van der Waals surface area contributed by atoms with Crippen molar-refractivity contribution in [2.75, 3.05) is 13.7 Å². The molecule has 0 bridgehead atoms. The molecular weight excluding hydrogens is 554 g/mol. The van der Waals surface area contributed by atoms with Gasteiger partial charge in [-0.25, -0.2) is 4.98 Å². The van der Waals surface area contributed by atoms with Gasteiger partial charge in [-0.15, -0.1) is 0 Å². The number of ether oxygens (including phenoxy) is 3. The van der Waals surface area contributed by atoms with E-state index >= 15 is 0 Å². The summed E-state index contributed by atoms with van der Waals surface area (Å²) in [6.07, 6.45) is 1.49. The fraction of sp³-hybridized carbons (Fsp3) is 0.143. The van der Waals surface area contributed by atoms with Crippen LogP contribution < -0.4 is 19.8 Å². The molecule has 10 heteroatoms. The van der Waals surface area contributed by atoms with Gasteiger partial charge in [0.2, 0.25) is 5.82 Å². The van der Waals surface area contributed by atoms with Crippen LogP contribution in [0.15, 0.2) is 79.4 Å². The van der Waals surface area contributed by atoms with Crippen molar-refractivity contribution in [1.29, 1.82) is 0 Å². The molecule has 0 amide bonds. The lowest BCUT2D eigenvalue weighted by molar-refractivity contribution is -0.132. The Hall–Kier alpha value is -4.44. The molecule has 0 aliphatic carbocycles. The summed E-state index contributed by atoms with van der Waals surface area (Å²) in [5.74, 6) is 1.37. The largest absolute Gasteiger partial charge is 0.496 e. The minimum absolute atomic E-state index is 0.223. The van der Waals surface area contributed by atoms with Gasteiger partial charge in [-0.05, 0) is 65.3 Å². The number of carbonyl (C=O) groups is 1. The van der Waals surface area contributed by atoms with Crippen LogP contribution in [0.25, 0.3) is 33.5 Å². The highest BCUT2D eigenvalue weighted by atomic mass is 79.9. The van der Waals surface area contributed by atoms with E-state index in [0.29, 0.717) is 50.4 Å². The number of nitrogens with zero attached hydrogens (tertiary/aromatic N) is 3. The predicted octanol–water partition coefficient (Wildman–Crippen LogP) is 5.79. The number of rotatable bonds is 7. The van der Waals surface area contributed by atoms with Gasteiger partial charge in [0.15, 0.2) is 17.3 Å². The second-order valence-electron chi connectivity index (χ2n) is 8.14. The molecule has 0 fully saturated rings. The van der Waals surface area contributed by atoms with Crippen LogP contribution in [-0.4, -0.2) is 35.6 Å². The Morgan fingerprint density at radius 2 is 1.89 bits per heavy atom. The monoisotopic (exact) mass is 575 g/mol. The standard InChI is InChI=1S/C28H22BrN3O6/c1-4-36-24-12-17(20(29)14-25(24)37-16(2)33)15-30-32-27(31-21-9-6-5-8-18(21)28(32)34)26-13-19-22(35-3)10-7-11-23(19)38-26/h5-15H,4H2,1-3H3. The number of para-hydroxylation sites is 1. The second kappa shape index (κ2) is 10.5. The molecule has 0 saturated carbocycles. The van der Waals surface area contributed by atoms with Gasteiger partial charge in [-0.1, -0.05) is 18.2 Å². The molecule has 38 heavy (non-hydrogen) atoms. The summed E-state index contributed by atoms with van der Waals surface area (Å²) in [4.78, 5) is 29.8. The minimum Gasteiger partial charge on any atom is -0.496 e. The van der Waals surface area contributed by atoms with Crippen molar-refractivity contribution < 1.29 is 23.4 Å². The quantitative estimate of drug-likeness (QED) is 0.137. The van der Waals surface area contributed by atoms with Gasteiger partial charge in [0.1, 0.15) is 11.3 Å². The van der Waals surface area contributed by atoms with E-state index in [4.69, 9.17) is 23.6 Å². The molecule has 0 unspecified atom stereocenters. The van der Waals surface area contributed by atoms with Crippen LogP contribution in [0.2, 0.25) is 0 Å². The summed E-state index contributed by atoms with van der Waals surface area (Å²) in [6, 6.07) is 17.5. The Bertz CT molecular complexity index is 1770. The molecule has 5 rings (SSSR count). The van der Waals surface area contributed by atoms with E-state index in [2.05, 4.69) is 21.0 Å². The molecular formula is C28H22BrN3O6. The third-order valence-corrected chi connectivity index (χ3v) is 6.33. The number of methoxy groups -OCH3 is 1. The van der Waals surface area contributed by atoms with Crippen LogP contribution >= 0.6 is 15.9 Å². The Morgan fingerprint density at radius 3 is 2.66 bits per heavy atom. The fourth-order valence-electron chi connectivity index (χ4n) is 3.99. The van der Waals surface area contributed by atoms with Crippen molar-refractivity contribution in [3.05, 3.63) is 81.1 Å². The molecule has 0 aliphatic heterocycles. The zero-order valence-corrected chi connectivity index (χ0v) is 22.3. The lowest BCUT2D eigenvalue weighted by Gasteiger charge is -2.12. The van der Waals surface area contributed by atoms with Crippen LogP contribution in [0, 0.1) is 0 Å². The summed E-state index contributed by atoms with van der Waals surface area (Å²) in [6.45, 7) is 3.50. The van der Waals surface area contributed by atoms with Crippen molar-refractivity contribution in [2.24, 2.45) is 5.10 Å². The van der Waals surface area contributed by atoms with Gasteiger partial charge in [-0.3, -0.25) is 9.59 Å². The predicted molar refractivity (Wildman–Crippen MR) is 147 cm³/mol. The second-order valence-corrected chi connectivity index (χ2v) is 9.00. The smallest absolute Gasteiger partial charge is 0.308 e. The van der Waals surface area contributed by atoms with E-state index in [-0.39, 0.29) is 17.1 Å². The number of furan rings is 1. The molecule has 0 aliphatic rings. The van der Waals surface area contributed by atoms with E-state index < -0.39 is 5.97 Å². The number of esters is 1. The minimum atomic E-state index is -0.472. The van der Waals surface area contributed by atoms with Gasteiger partial charge in [-0.2, -0.15) is 9.78 Å². The first kappa shape index (κ1) is 25.2. The molecule has 192 valence electrons. The topological polar surface area (TPSA) is 105 Å². The highest BCUT2D eigenvalue weighted by molar-refractivity contribution is 9.10. The molecule has 2 aromatic heterocycles. The van der Waals surface area contributed by atoms with Crippen LogP contribution in [0.4, 0.5) is 0 Å². The van der Waals surface area contributed by atoms with Crippen molar-refractivity contribution in [3.8, 4) is 28.8 Å². The zero-order chi connectivity index (χ0) is 26.8. The lowest BCUT2D eigenvalue weighted by Crippen LogP contribution is -2.20. The van der Waals surface area contributed by atoms with Gasteiger partial charge in [0.25, 0.3) is 5.56 Å². The summed E-state index contributed by atoms with van der Waals surface area (Å²) in [5.41, 5.74) is 1.31. The van der Waals surface area contributed by atoms with Crippen molar-refractivity contribution >= 4 is 50.0 Å². The molecule has 0 atom stereocenters. The van der Waals surface area contributed by atoms with E-state index in [0.717, 1.165) is 5.39 Å². The number of hydrogen-bond donors (Lipinski definition) is 0. The molecule has 9 nitrogen and oxygen atoms in total. The number of fused-ring (bicyclic) bond motifs is 2. The average Bonchev–Trinajstić information content (AvgIpc) is 3.34. The SMILES string of the molecule is CCOc1cc(C=Nn2c(-c3cc4c(OC)cccc4o3)nc3ccccc3c2=O)c(Br)cc1OC(C)=O. The third kappa shape index (κ3) is 4.78. The Labute approximate surface area is 225 Å². The number of carbonyl (C=O) groups excluding carboxylic acids is 1. The van der Waals surface area contributed by atoms with Gasteiger partial charge < -0.3 is 18.6 Å². The first-order valence-corrected chi connectivity index (χ1v) is 12.5.